The van der Waals surface area contributed by atoms with Crippen LogP contribution >= 0.6 is 0 Å². The van der Waals surface area contributed by atoms with Crippen molar-refractivity contribution in [3.05, 3.63) is 71.4 Å². The molecule has 3 rings (SSSR count). The standard InChI is InChI=1S/C25H22N2O10S/c1-2-33-23(29)18-36-20-13-10-19(11-14-20)12-15-22(28)34-16-6-7-17-35-24-25(27(30)37-26-24)38(31,32)21-8-4-3-5-9-21/h3-5,8-15H,2,16-18H2,1H3/b15-12+. The number of rotatable bonds is 11. The highest BCUT2D eigenvalue weighted by molar-refractivity contribution is 7.91. The molecule has 0 spiro atoms. The Bertz CT molecular complexity index is 1440. The number of carbonyl (C=O) groups is 2. The van der Waals surface area contributed by atoms with Gasteiger partial charge in [0.25, 0.3) is 9.84 Å². The van der Waals surface area contributed by atoms with Gasteiger partial charge in [0.05, 0.1) is 16.7 Å². The molecule has 1 aromatic heterocycles. The first-order valence-corrected chi connectivity index (χ1v) is 12.5. The fraction of sp³-hybridized carbons (Fsp3) is 0.200. The first-order chi connectivity index (χ1) is 18.3. The zero-order valence-corrected chi connectivity index (χ0v) is 20.9. The Morgan fingerprint density at radius 3 is 2.45 bits per heavy atom. The summed E-state index contributed by atoms with van der Waals surface area (Å²) in [7, 11) is -4.24. The Labute approximate surface area is 217 Å². The highest BCUT2D eigenvalue weighted by atomic mass is 32.2. The Balaban J connectivity index is 1.45. The molecular weight excluding hydrogens is 520 g/mol. The fourth-order valence-corrected chi connectivity index (χ4v) is 4.08. The van der Waals surface area contributed by atoms with Crippen LogP contribution in [0, 0.1) is 17.0 Å². The number of sulfone groups is 1. The SMILES string of the molecule is CCOC(=O)COc1ccc(/C=C/C(=O)OCC#CCOc2no[n+]([O-])c2S(=O)(=O)c2ccccc2)cc1. The van der Waals surface area contributed by atoms with Gasteiger partial charge in [-0.1, -0.05) is 42.2 Å². The van der Waals surface area contributed by atoms with Crippen LogP contribution in [0.5, 0.6) is 11.6 Å². The van der Waals surface area contributed by atoms with Gasteiger partial charge in [-0.05, 0) is 47.7 Å². The van der Waals surface area contributed by atoms with Gasteiger partial charge in [-0.15, -0.1) is 0 Å². The van der Waals surface area contributed by atoms with Gasteiger partial charge in [0.2, 0.25) is 0 Å². The van der Waals surface area contributed by atoms with Crippen molar-refractivity contribution in [1.82, 2.24) is 5.16 Å². The average Bonchev–Trinajstić information content (AvgIpc) is 3.30. The number of hydrogen-bond acceptors (Lipinski definition) is 11. The molecule has 0 saturated carbocycles. The van der Waals surface area contributed by atoms with Crippen LogP contribution in [-0.4, -0.2) is 51.9 Å². The molecule has 0 aliphatic rings. The molecule has 12 nitrogen and oxygen atoms in total. The third-order valence-electron chi connectivity index (χ3n) is 4.50. The van der Waals surface area contributed by atoms with Crippen LogP contribution in [0.3, 0.4) is 0 Å². The predicted octanol–water partition coefficient (Wildman–Crippen LogP) is 1.72. The smallest absolute Gasteiger partial charge is 0.415 e. The fourth-order valence-electron chi connectivity index (χ4n) is 2.79. The van der Waals surface area contributed by atoms with E-state index in [-0.39, 0.29) is 36.2 Å². The lowest BCUT2D eigenvalue weighted by atomic mass is 10.2. The number of nitrogens with zero attached hydrogens (tertiary/aromatic N) is 2. The van der Waals surface area contributed by atoms with Gasteiger partial charge in [0.1, 0.15) is 5.75 Å². The van der Waals surface area contributed by atoms with Crippen molar-refractivity contribution < 1.29 is 46.5 Å². The summed E-state index contributed by atoms with van der Waals surface area (Å²) in [6.07, 6.45) is 2.72. The second kappa shape index (κ2) is 13.5. The zero-order valence-electron chi connectivity index (χ0n) is 20.1. The van der Waals surface area contributed by atoms with Crippen LogP contribution in [-0.2, 0) is 28.9 Å². The summed E-state index contributed by atoms with van der Waals surface area (Å²) < 4.78 is 49.9. The van der Waals surface area contributed by atoms with Crippen LogP contribution < -0.4 is 14.4 Å². The number of aromatic nitrogens is 2. The number of carbonyl (C=O) groups excluding carboxylic acids is 2. The molecule has 3 aromatic rings. The molecule has 2 aromatic carbocycles. The Morgan fingerprint density at radius 2 is 1.74 bits per heavy atom. The first kappa shape index (κ1) is 27.8. The lowest BCUT2D eigenvalue weighted by Crippen LogP contribution is -2.30. The monoisotopic (exact) mass is 542 g/mol. The van der Waals surface area contributed by atoms with Crippen molar-refractivity contribution in [1.29, 1.82) is 0 Å². The maximum atomic E-state index is 12.7. The molecule has 13 heteroatoms. The van der Waals surface area contributed by atoms with Crippen molar-refractivity contribution >= 4 is 27.9 Å². The highest BCUT2D eigenvalue weighted by Crippen LogP contribution is 2.24. The molecule has 0 aliphatic carbocycles. The predicted molar refractivity (Wildman–Crippen MR) is 129 cm³/mol. The molecule has 1 heterocycles. The summed E-state index contributed by atoms with van der Waals surface area (Å²) in [6.45, 7) is 1.17. The highest BCUT2D eigenvalue weighted by Gasteiger charge is 2.35. The van der Waals surface area contributed by atoms with E-state index < -0.39 is 32.7 Å². The van der Waals surface area contributed by atoms with Gasteiger partial charge in [0, 0.05) is 6.08 Å². The van der Waals surface area contributed by atoms with E-state index in [0.29, 0.717) is 11.3 Å². The topological polar surface area (TPSA) is 158 Å². The van der Waals surface area contributed by atoms with Crippen molar-refractivity contribution in [2.24, 2.45) is 0 Å². The van der Waals surface area contributed by atoms with E-state index in [1.807, 2.05) is 0 Å². The van der Waals surface area contributed by atoms with Crippen LogP contribution in [0.2, 0.25) is 0 Å². The van der Waals surface area contributed by atoms with Gasteiger partial charge in [-0.3, -0.25) is 4.63 Å². The number of esters is 2. The number of ether oxygens (including phenoxy) is 4. The van der Waals surface area contributed by atoms with E-state index in [0.717, 1.165) is 0 Å². The van der Waals surface area contributed by atoms with Gasteiger partial charge in [-0.2, -0.15) is 0 Å². The Hall–Kier alpha value is -4.83. The van der Waals surface area contributed by atoms with Gasteiger partial charge >= 0.3 is 22.8 Å². The Morgan fingerprint density at radius 1 is 1.03 bits per heavy atom. The Kier molecular flexibility index (Phi) is 9.84. The van der Waals surface area contributed by atoms with E-state index in [2.05, 4.69) is 21.6 Å². The number of hydrogen-bond donors (Lipinski definition) is 0. The normalized spacial score (nSPS) is 10.9. The summed E-state index contributed by atoms with van der Waals surface area (Å²) in [5.41, 5.74) is 0.689. The van der Waals surface area contributed by atoms with Gasteiger partial charge in [0.15, 0.2) is 19.8 Å². The van der Waals surface area contributed by atoms with Crippen LogP contribution in [0.25, 0.3) is 6.08 Å². The number of benzene rings is 2. The van der Waals surface area contributed by atoms with E-state index in [1.165, 1.54) is 36.4 Å². The lowest BCUT2D eigenvalue weighted by molar-refractivity contribution is -0.832. The second-order valence-electron chi connectivity index (χ2n) is 7.10. The van der Waals surface area contributed by atoms with E-state index in [4.69, 9.17) is 18.9 Å². The molecule has 198 valence electrons. The minimum atomic E-state index is -4.24. The second-order valence-corrected chi connectivity index (χ2v) is 8.97. The third-order valence-corrected chi connectivity index (χ3v) is 6.23. The molecule has 0 N–H and O–H groups in total. The van der Waals surface area contributed by atoms with Crippen LogP contribution in [0.4, 0.5) is 0 Å². The summed E-state index contributed by atoms with van der Waals surface area (Å²) in [5.74, 6) is 3.84. The van der Waals surface area contributed by atoms with E-state index >= 15 is 0 Å². The van der Waals surface area contributed by atoms with Crippen molar-refractivity contribution in [2.45, 2.75) is 16.8 Å². The van der Waals surface area contributed by atoms with Crippen molar-refractivity contribution in [2.75, 3.05) is 26.4 Å². The summed E-state index contributed by atoms with van der Waals surface area (Å²) in [5, 5.41) is 14.3. The summed E-state index contributed by atoms with van der Waals surface area (Å²) in [4.78, 5) is 22.8. The van der Waals surface area contributed by atoms with Crippen molar-refractivity contribution in [3.8, 4) is 23.5 Å². The molecule has 0 saturated heterocycles. The lowest BCUT2D eigenvalue weighted by Gasteiger charge is -2.05. The van der Waals surface area contributed by atoms with Crippen LogP contribution in [0.1, 0.15) is 12.5 Å². The molecule has 0 unspecified atom stereocenters. The average molecular weight is 543 g/mol. The largest absolute Gasteiger partial charge is 0.482 e. The molecule has 0 radical (unpaired) electrons. The van der Waals surface area contributed by atoms with E-state index in [1.54, 1.807) is 37.3 Å². The summed E-state index contributed by atoms with van der Waals surface area (Å²) in [6, 6.07) is 13.9. The van der Waals surface area contributed by atoms with Crippen LogP contribution in [0.15, 0.2) is 75.2 Å². The molecule has 0 atom stereocenters. The minimum Gasteiger partial charge on any atom is -0.482 e. The van der Waals surface area contributed by atoms with E-state index in [9.17, 15) is 23.2 Å². The van der Waals surface area contributed by atoms with Gasteiger partial charge in [-0.25, -0.2) is 18.0 Å². The molecule has 0 aliphatic heterocycles. The summed E-state index contributed by atoms with van der Waals surface area (Å²) >= 11 is 0. The molecule has 0 bridgehead atoms. The molecule has 38 heavy (non-hydrogen) atoms. The van der Waals surface area contributed by atoms with Crippen molar-refractivity contribution in [3.63, 3.8) is 0 Å². The minimum absolute atomic E-state index is 0.137. The molecule has 0 amide bonds. The molecule has 0 fully saturated rings. The quantitative estimate of drug-likeness (QED) is 0.150. The zero-order chi connectivity index (χ0) is 27.4. The maximum Gasteiger partial charge on any atom is 0.415 e. The third kappa shape index (κ3) is 7.84. The maximum absolute atomic E-state index is 12.7. The van der Waals surface area contributed by atoms with Gasteiger partial charge < -0.3 is 24.2 Å². The molecular formula is C25H22N2O10S. The first-order valence-electron chi connectivity index (χ1n) is 11.0.